The van der Waals surface area contributed by atoms with Gasteiger partial charge in [0.05, 0.1) is 10.2 Å². The van der Waals surface area contributed by atoms with Crippen LogP contribution in [-0.4, -0.2) is 23.2 Å². The molecule has 0 saturated heterocycles. The molecule has 3 nitrogen and oxygen atoms in total. The van der Waals surface area contributed by atoms with Gasteiger partial charge in [-0.3, -0.25) is 4.98 Å². The van der Waals surface area contributed by atoms with Crippen LogP contribution >= 0.6 is 11.3 Å². The summed E-state index contributed by atoms with van der Waals surface area (Å²) in [6, 6.07) is 4.51. The van der Waals surface area contributed by atoms with Crippen molar-refractivity contribution in [1.82, 2.24) is 10.3 Å². The summed E-state index contributed by atoms with van der Waals surface area (Å²) in [4.78, 5) is 4.49. The van der Waals surface area contributed by atoms with Crippen LogP contribution in [0.2, 0.25) is 0 Å². The average molecular weight is 292 g/mol. The van der Waals surface area contributed by atoms with E-state index in [9.17, 15) is 5.11 Å². The molecule has 0 aromatic carbocycles. The van der Waals surface area contributed by atoms with E-state index in [0.29, 0.717) is 0 Å². The van der Waals surface area contributed by atoms with Crippen molar-refractivity contribution in [3.05, 3.63) is 29.3 Å². The smallest absolute Gasteiger partial charge is 0.0809 e. The molecule has 1 atom stereocenters. The Morgan fingerprint density at radius 2 is 2.15 bits per heavy atom. The van der Waals surface area contributed by atoms with Crippen molar-refractivity contribution in [3.8, 4) is 0 Å². The minimum atomic E-state index is -0.00524. The van der Waals surface area contributed by atoms with Crippen LogP contribution in [0, 0.1) is 5.41 Å². The molecular weight excluding hydrogens is 268 g/mol. The third-order valence-electron chi connectivity index (χ3n) is 4.44. The van der Waals surface area contributed by atoms with Crippen LogP contribution in [0.3, 0.4) is 0 Å². The second kappa shape index (κ2) is 6.66. The maximum Gasteiger partial charge on any atom is 0.0809 e. The Morgan fingerprint density at radius 1 is 1.40 bits per heavy atom. The largest absolute Gasteiger partial charge is 0.396 e. The van der Waals surface area contributed by atoms with Gasteiger partial charge in [-0.25, -0.2) is 0 Å². The van der Waals surface area contributed by atoms with Gasteiger partial charge in [0, 0.05) is 30.8 Å². The van der Waals surface area contributed by atoms with Gasteiger partial charge < -0.3 is 10.4 Å². The van der Waals surface area contributed by atoms with Crippen LogP contribution in [-0.2, 0) is 0 Å². The first kappa shape index (κ1) is 15.4. The molecule has 110 valence electrons. The van der Waals surface area contributed by atoms with Crippen molar-refractivity contribution in [3.63, 3.8) is 0 Å². The molecule has 0 amide bonds. The number of aliphatic hydroxyl groups is 1. The zero-order valence-electron chi connectivity index (χ0n) is 12.5. The van der Waals surface area contributed by atoms with E-state index in [1.165, 1.54) is 10.3 Å². The number of aliphatic hydroxyl groups excluding tert-OH is 1. The fourth-order valence-corrected chi connectivity index (χ4v) is 3.15. The van der Waals surface area contributed by atoms with Crippen molar-refractivity contribution < 1.29 is 5.11 Å². The third kappa shape index (κ3) is 3.19. The summed E-state index contributed by atoms with van der Waals surface area (Å²) in [7, 11) is 0. The summed E-state index contributed by atoms with van der Waals surface area (Å²) in [6.07, 6.45) is 3.93. The second-order valence-corrected chi connectivity index (χ2v) is 6.49. The Balaban J connectivity index is 2.05. The van der Waals surface area contributed by atoms with E-state index in [2.05, 4.69) is 42.5 Å². The van der Waals surface area contributed by atoms with E-state index >= 15 is 0 Å². The molecule has 0 radical (unpaired) electrons. The minimum absolute atomic E-state index is 0.00524. The van der Waals surface area contributed by atoms with Crippen LogP contribution in [0.4, 0.5) is 0 Å². The van der Waals surface area contributed by atoms with Gasteiger partial charge in [0.1, 0.15) is 0 Å². The van der Waals surface area contributed by atoms with Gasteiger partial charge >= 0.3 is 0 Å². The molecular formula is C16H24N2OS. The molecule has 0 spiro atoms. The van der Waals surface area contributed by atoms with Gasteiger partial charge in [-0.05, 0) is 42.8 Å². The van der Waals surface area contributed by atoms with Crippen LogP contribution in [0.5, 0.6) is 0 Å². The lowest BCUT2D eigenvalue weighted by atomic mass is 9.83. The molecule has 4 heteroatoms. The van der Waals surface area contributed by atoms with E-state index in [1.807, 2.05) is 12.3 Å². The number of aromatic nitrogens is 1. The zero-order valence-corrected chi connectivity index (χ0v) is 13.3. The van der Waals surface area contributed by atoms with Gasteiger partial charge in [0.15, 0.2) is 0 Å². The highest BCUT2D eigenvalue weighted by Gasteiger charge is 2.25. The predicted octanol–water partition coefficient (Wildman–Crippen LogP) is 3.75. The number of hydrogen-bond acceptors (Lipinski definition) is 4. The van der Waals surface area contributed by atoms with Gasteiger partial charge in [0.25, 0.3) is 0 Å². The normalized spacial score (nSPS) is 13.8. The molecule has 2 N–H and O–H groups in total. The highest BCUT2D eigenvalue weighted by molar-refractivity contribution is 7.17. The Hall–Kier alpha value is -0.970. The Kier molecular flexibility index (Phi) is 5.13. The maximum absolute atomic E-state index is 9.62. The number of nitrogens with zero attached hydrogens (tertiary/aromatic N) is 1. The van der Waals surface area contributed by atoms with Crippen molar-refractivity contribution in [2.24, 2.45) is 5.41 Å². The number of hydrogen-bond donors (Lipinski definition) is 2. The number of fused-ring (bicyclic) bond motifs is 1. The molecule has 0 fully saturated rings. The van der Waals surface area contributed by atoms with Gasteiger partial charge in [0.2, 0.25) is 0 Å². The Bertz CT molecular complexity index is 540. The zero-order chi connectivity index (χ0) is 14.6. The third-order valence-corrected chi connectivity index (χ3v) is 5.30. The van der Waals surface area contributed by atoms with Gasteiger partial charge in [-0.1, -0.05) is 13.8 Å². The van der Waals surface area contributed by atoms with Crippen molar-refractivity contribution in [2.45, 2.75) is 39.7 Å². The molecule has 0 saturated carbocycles. The molecule has 2 aromatic rings. The molecule has 0 aliphatic rings. The van der Waals surface area contributed by atoms with Crippen LogP contribution < -0.4 is 5.32 Å². The van der Waals surface area contributed by atoms with Crippen LogP contribution in [0.1, 0.15) is 45.2 Å². The van der Waals surface area contributed by atoms with Crippen molar-refractivity contribution in [1.29, 1.82) is 0 Å². The number of pyridine rings is 1. The summed E-state index contributed by atoms with van der Waals surface area (Å²) in [5.74, 6) is 0. The first-order chi connectivity index (χ1) is 9.64. The van der Waals surface area contributed by atoms with Gasteiger partial charge in [-0.15, -0.1) is 11.3 Å². The lowest BCUT2D eigenvalue weighted by Gasteiger charge is -2.31. The molecule has 0 aliphatic carbocycles. The fraction of sp³-hybridized carbons (Fsp3) is 0.562. The van der Waals surface area contributed by atoms with E-state index in [0.717, 1.165) is 24.9 Å². The summed E-state index contributed by atoms with van der Waals surface area (Å²) in [5, 5.41) is 15.3. The number of rotatable bonds is 7. The van der Waals surface area contributed by atoms with E-state index < -0.39 is 0 Å². The molecule has 0 aliphatic heterocycles. The topological polar surface area (TPSA) is 45.1 Å². The molecule has 1 unspecified atom stereocenters. The highest BCUT2D eigenvalue weighted by Crippen LogP contribution is 2.27. The average Bonchev–Trinajstić information content (AvgIpc) is 2.96. The lowest BCUT2D eigenvalue weighted by Crippen LogP contribution is -2.37. The van der Waals surface area contributed by atoms with Crippen molar-refractivity contribution in [2.75, 3.05) is 13.2 Å². The van der Waals surface area contributed by atoms with Crippen LogP contribution in [0.25, 0.3) is 10.2 Å². The van der Waals surface area contributed by atoms with E-state index in [-0.39, 0.29) is 18.1 Å². The Morgan fingerprint density at radius 3 is 2.80 bits per heavy atom. The first-order valence-electron chi connectivity index (χ1n) is 7.31. The fourth-order valence-electron chi connectivity index (χ4n) is 2.37. The second-order valence-electron chi connectivity index (χ2n) is 5.54. The quantitative estimate of drug-likeness (QED) is 0.817. The summed E-state index contributed by atoms with van der Waals surface area (Å²) in [5.41, 5.74) is 2.27. The lowest BCUT2D eigenvalue weighted by molar-refractivity contribution is 0.110. The number of nitrogens with one attached hydrogen (secondary N) is 1. The SMILES string of the molecule is CCC(CC)(CO)CNC(C)c1cnc2ccsc2c1. The van der Waals surface area contributed by atoms with Crippen LogP contribution in [0.15, 0.2) is 23.7 Å². The standard InChI is InChI=1S/C16H24N2OS/c1-4-16(5-2,11-19)10-18-12(3)13-8-15-14(17-9-13)6-7-20-15/h6-9,12,18-19H,4-5,10-11H2,1-3H3. The highest BCUT2D eigenvalue weighted by atomic mass is 32.1. The Labute approximate surface area is 125 Å². The molecule has 2 rings (SSSR count). The monoisotopic (exact) mass is 292 g/mol. The maximum atomic E-state index is 9.62. The number of thiophene rings is 1. The summed E-state index contributed by atoms with van der Waals surface area (Å²) in [6.45, 7) is 7.52. The predicted molar refractivity (Wildman–Crippen MR) is 86.1 cm³/mol. The van der Waals surface area contributed by atoms with E-state index in [4.69, 9.17) is 0 Å². The van der Waals surface area contributed by atoms with E-state index in [1.54, 1.807) is 11.3 Å². The molecule has 2 heterocycles. The molecule has 20 heavy (non-hydrogen) atoms. The van der Waals surface area contributed by atoms with Gasteiger partial charge in [-0.2, -0.15) is 0 Å². The molecule has 0 bridgehead atoms. The minimum Gasteiger partial charge on any atom is -0.396 e. The summed E-state index contributed by atoms with van der Waals surface area (Å²) < 4.78 is 1.23. The summed E-state index contributed by atoms with van der Waals surface area (Å²) >= 11 is 1.73. The van der Waals surface area contributed by atoms with Crippen molar-refractivity contribution >= 4 is 21.6 Å². The first-order valence-corrected chi connectivity index (χ1v) is 8.19. The molecule has 2 aromatic heterocycles.